The van der Waals surface area contributed by atoms with E-state index in [9.17, 15) is 25.5 Å². The van der Waals surface area contributed by atoms with Crippen LogP contribution in [0.15, 0.2) is 60.7 Å². The molecule has 0 aromatic heterocycles. The number of rotatable bonds is 5. The van der Waals surface area contributed by atoms with Crippen molar-refractivity contribution < 1.29 is 25.5 Å². The molecule has 0 amide bonds. The number of benzene rings is 3. The molecule has 0 spiro atoms. The lowest BCUT2D eigenvalue weighted by Gasteiger charge is -2.37. The van der Waals surface area contributed by atoms with Gasteiger partial charge in [0.15, 0.2) is 0 Å². The molecule has 0 aliphatic heterocycles. The molecular formula is C26H28O5. The van der Waals surface area contributed by atoms with Crippen molar-refractivity contribution in [3.63, 3.8) is 0 Å². The predicted octanol–water partition coefficient (Wildman–Crippen LogP) is 5.20. The van der Waals surface area contributed by atoms with Crippen molar-refractivity contribution in [2.45, 2.75) is 38.0 Å². The van der Waals surface area contributed by atoms with Gasteiger partial charge < -0.3 is 25.5 Å². The molecule has 5 heteroatoms. The molecule has 0 bridgehead atoms. The first-order chi connectivity index (χ1) is 14.9. The van der Waals surface area contributed by atoms with Crippen LogP contribution in [0.3, 0.4) is 0 Å². The summed E-state index contributed by atoms with van der Waals surface area (Å²) >= 11 is 0. The number of phenolic OH excluding ortho intramolecular Hbond substituents is 5. The smallest absolute Gasteiger partial charge is 0.122 e. The maximum Gasteiger partial charge on any atom is 0.122 e. The summed E-state index contributed by atoms with van der Waals surface area (Å²) in [4.78, 5) is 0. The number of para-hydroxylation sites is 1. The zero-order valence-electron chi connectivity index (χ0n) is 17.3. The van der Waals surface area contributed by atoms with Gasteiger partial charge in [0.05, 0.1) is 0 Å². The summed E-state index contributed by atoms with van der Waals surface area (Å²) in [5, 5.41) is 50.2. The average molecular weight is 421 g/mol. The van der Waals surface area contributed by atoms with Crippen LogP contribution < -0.4 is 0 Å². The van der Waals surface area contributed by atoms with Gasteiger partial charge in [-0.2, -0.15) is 0 Å². The van der Waals surface area contributed by atoms with E-state index in [1.807, 2.05) is 18.2 Å². The second-order valence-electron chi connectivity index (χ2n) is 8.64. The maximum atomic E-state index is 10.5. The van der Waals surface area contributed by atoms with Crippen LogP contribution in [0.5, 0.6) is 28.7 Å². The van der Waals surface area contributed by atoms with Gasteiger partial charge in [-0.3, -0.25) is 0 Å². The molecule has 31 heavy (non-hydrogen) atoms. The first kappa shape index (κ1) is 20.9. The van der Waals surface area contributed by atoms with Gasteiger partial charge in [-0.1, -0.05) is 30.3 Å². The van der Waals surface area contributed by atoms with E-state index >= 15 is 0 Å². The Balaban J connectivity index is 1.59. The zero-order chi connectivity index (χ0) is 22.0. The van der Waals surface area contributed by atoms with Crippen LogP contribution in [-0.4, -0.2) is 25.5 Å². The highest BCUT2D eigenvalue weighted by molar-refractivity contribution is 5.41. The molecule has 1 aliphatic rings. The van der Waals surface area contributed by atoms with Crippen molar-refractivity contribution in [2.24, 2.45) is 11.8 Å². The lowest BCUT2D eigenvalue weighted by molar-refractivity contribution is 0.223. The van der Waals surface area contributed by atoms with Gasteiger partial charge in [0.2, 0.25) is 0 Å². The molecule has 0 saturated heterocycles. The third-order valence-corrected chi connectivity index (χ3v) is 6.56. The van der Waals surface area contributed by atoms with Gasteiger partial charge in [0.25, 0.3) is 0 Å². The van der Waals surface area contributed by atoms with E-state index in [0.29, 0.717) is 24.5 Å². The molecule has 5 nitrogen and oxygen atoms in total. The summed E-state index contributed by atoms with van der Waals surface area (Å²) in [6.45, 7) is 0. The minimum absolute atomic E-state index is 0.0304. The fourth-order valence-corrected chi connectivity index (χ4v) is 5.03. The van der Waals surface area contributed by atoms with Crippen LogP contribution in [0.2, 0.25) is 0 Å². The number of phenols is 5. The van der Waals surface area contributed by atoms with Gasteiger partial charge in [0.1, 0.15) is 28.7 Å². The normalized spacial score (nSPS) is 21.1. The Kier molecular flexibility index (Phi) is 5.94. The van der Waals surface area contributed by atoms with Gasteiger partial charge in [-0.05, 0) is 84.7 Å². The largest absolute Gasteiger partial charge is 0.508 e. The van der Waals surface area contributed by atoms with Crippen LogP contribution in [0.1, 0.15) is 41.9 Å². The van der Waals surface area contributed by atoms with E-state index < -0.39 is 0 Å². The maximum absolute atomic E-state index is 10.5. The molecule has 162 valence electrons. The highest BCUT2D eigenvalue weighted by Gasteiger charge is 2.33. The van der Waals surface area contributed by atoms with Crippen molar-refractivity contribution >= 4 is 0 Å². The Morgan fingerprint density at radius 3 is 1.87 bits per heavy atom. The van der Waals surface area contributed by atoms with Gasteiger partial charge in [-0.15, -0.1) is 0 Å². The molecule has 1 aliphatic carbocycles. The van der Waals surface area contributed by atoms with Crippen LogP contribution in [0.25, 0.3) is 0 Å². The number of aromatic hydroxyl groups is 5. The highest BCUT2D eigenvalue weighted by atomic mass is 16.3. The third kappa shape index (κ3) is 4.71. The average Bonchev–Trinajstić information content (AvgIpc) is 2.73. The van der Waals surface area contributed by atoms with E-state index in [1.165, 1.54) is 12.1 Å². The van der Waals surface area contributed by atoms with E-state index in [-0.39, 0.29) is 34.8 Å². The van der Waals surface area contributed by atoms with E-state index in [0.717, 1.165) is 36.0 Å². The number of hydrogen-bond donors (Lipinski definition) is 5. The third-order valence-electron chi connectivity index (χ3n) is 6.56. The second kappa shape index (κ2) is 8.80. The SMILES string of the molecule is Oc1ccc(CC2CCC(c3ccccc3O)C(Cc3ccc(O)cc3O)C2)c(O)c1. The Morgan fingerprint density at radius 2 is 1.26 bits per heavy atom. The monoisotopic (exact) mass is 420 g/mol. The van der Waals surface area contributed by atoms with E-state index in [1.54, 1.807) is 30.3 Å². The molecule has 3 aromatic rings. The second-order valence-corrected chi connectivity index (χ2v) is 8.64. The van der Waals surface area contributed by atoms with Gasteiger partial charge in [-0.25, -0.2) is 0 Å². The Morgan fingerprint density at radius 1 is 0.645 bits per heavy atom. The van der Waals surface area contributed by atoms with Crippen LogP contribution in [0.4, 0.5) is 0 Å². The summed E-state index contributed by atoms with van der Waals surface area (Å²) < 4.78 is 0. The van der Waals surface area contributed by atoms with E-state index in [4.69, 9.17) is 0 Å². The van der Waals surface area contributed by atoms with Crippen LogP contribution >= 0.6 is 0 Å². The first-order valence-electron chi connectivity index (χ1n) is 10.7. The summed E-state index contributed by atoms with van der Waals surface area (Å²) in [5.41, 5.74) is 2.52. The minimum atomic E-state index is 0.0304. The lowest BCUT2D eigenvalue weighted by Crippen LogP contribution is -2.26. The van der Waals surface area contributed by atoms with Crippen molar-refractivity contribution in [3.05, 3.63) is 77.4 Å². The summed E-state index contributed by atoms with van der Waals surface area (Å²) in [7, 11) is 0. The molecule has 3 atom stereocenters. The lowest BCUT2D eigenvalue weighted by atomic mass is 9.67. The van der Waals surface area contributed by atoms with Crippen molar-refractivity contribution in [1.82, 2.24) is 0 Å². The summed E-state index contributed by atoms with van der Waals surface area (Å²) in [6.07, 6.45) is 4.06. The molecule has 0 heterocycles. The zero-order valence-corrected chi connectivity index (χ0v) is 17.3. The standard InChI is InChI=1S/C26H28O5/c27-20-8-6-17(25(30)14-20)11-16-5-10-22(23-3-1-2-4-24(23)29)19(12-16)13-18-7-9-21(28)15-26(18)31/h1-4,6-9,14-16,19,22,27-31H,5,10-13H2. The Bertz CT molecular complexity index is 1060. The van der Waals surface area contributed by atoms with Gasteiger partial charge in [0, 0.05) is 12.1 Å². The fourth-order valence-electron chi connectivity index (χ4n) is 5.03. The van der Waals surface area contributed by atoms with E-state index in [2.05, 4.69) is 0 Å². The molecule has 4 rings (SSSR count). The van der Waals surface area contributed by atoms with Crippen LogP contribution in [-0.2, 0) is 12.8 Å². The van der Waals surface area contributed by atoms with Crippen molar-refractivity contribution in [1.29, 1.82) is 0 Å². The minimum Gasteiger partial charge on any atom is -0.508 e. The predicted molar refractivity (Wildman–Crippen MR) is 119 cm³/mol. The highest BCUT2D eigenvalue weighted by Crippen LogP contribution is 2.46. The Hall–Kier alpha value is -3.34. The quantitative estimate of drug-likeness (QED) is 0.391. The topological polar surface area (TPSA) is 101 Å². The molecule has 1 fully saturated rings. The van der Waals surface area contributed by atoms with Gasteiger partial charge >= 0.3 is 0 Å². The molecule has 1 saturated carbocycles. The molecule has 3 aromatic carbocycles. The van der Waals surface area contributed by atoms with Crippen molar-refractivity contribution in [3.8, 4) is 28.7 Å². The molecule has 0 radical (unpaired) electrons. The number of hydrogen-bond acceptors (Lipinski definition) is 5. The van der Waals surface area contributed by atoms with Crippen molar-refractivity contribution in [2.75, 3.05) is 0 Å². The summed E-state index contributed by atoms with van der Waals surface area (Å²) in [5.74, 6) is 1.22. The molecular weight excluding hydrogens is 392 g/mol. The summed E-state index contributed by atoms with van der Waals surface area (Å²) in [6, 6.07) is 16.9. The first-order valence-corrected chi connectivity index (χ1v) is 10.7. The molecule has 5 N–H and O–H groups in total. The fraction of sp³-hybridized carbons (Fsp3) is 0.308. The molecule has 3 unspecified atom stereocenters. The van der Waals surface area contributed by atoms with Crippen LogP contribution in [0, 0.1) is 11.8 Å². The Labute approximate surface area is 181 Å².